The topological polar surface area (TPSA) is 87.3 Å². The Bertz CT molecular complexity index is 898. The number of alkyl halides is 2. The van der Waals surface area contributed by atoms with Crippen LogP contribution in [-0.4, -0.2) is 58.9 Å². The van der Waals surface area contributed by atoms with Crippen LogP contribution in [0.2, 0.25) is 0 Å². The molecule has 2 N–H and O–H groups in total. The van der Waals surface area contributed by atoms with Gasteiger partial charge in [-0.1, -0.05) is 0 Å². The number of carbonyl (C=O) groups is 2. The van der Waals surface area contributed by atoms with E-state index in [2.05, 4.69) is 15.3 Å². The van der Waals surface area contributed by atoms with Crippen LogP contribution in [0.4, 0.5) is 14.5 Å². The van der Waals surface area contributed by atoms with Crippen molar-refractivity contribution in [2.24, 2.45) is 5.92 Å². The van der Waals surface area contributed by atoms with Gasteiger partial charge in [0, 0.05) is 43.3 Å². The predicted molar refractivity (Wildman–Crippen MR) is 93.7 cm³/mol. The zero-order valence-corrected chi connectivity index (χ0v) is 14.8. The van der Waals surface area contributed by atoms with Crippen molar-refractivity contribution in [3.63, 3.8) is 0 Å². The Kier molecular flexibility index (Phi) is 4.24. The van der Waals surface area contributed by atoms with E-state index in [9.17, 15) is 18.4 Å². The molecule has 1 aliphatic carbocycles. The van der Waals surface area contributed by atoms with Gasteiger partial charge in [-0.15, -0.1) is 0 Å². The van der Waals surface area contributed by atoms with E-state index in [1.54, 1.807) is 12.3 Å². The van der Waals surface area contributed by atoms with Crippen molar-refractivity contribution < 1.29 is 23.1 Å². The zero-order valence-electron chi connectivity index (χ0n) is 14.8. The summed E-state index contributed by atoms with van der Waals surface area (Å²) in [6.07, 6.45) is 4.26. The Hall–Kier alpha value is -2.71. The Labute approximate surface area is 154 Å². The van der Waals surface area contributed by atoms with E-state index < -0.39 is 23.7 Å². The molecule has 0 radical (unpaired) electrons. The molecule has 1 amide bonds. The number of piperidine rings is 1. The molecular weight excluding hydrogens is 358 g/mol. The number of amides is 1. The molecule has 0 unspecified atom stereocenters. The lowest BCUT2D eigenvalue weighted by Gasteiger charge is -2.34. The minimum atomic E-state index is -2.86. The van der Waals surface area contributed by atoms with Crippen molar-refractivity contribution in [1.82, 2.24) is 14.9 Å². The Morgan fingerprint density at radius 1 is 1.44 bits per heavy atom. The number of esters is 1. The minimum Gasteiger partial charge on any atom is -0.465 e. The Morgan fingerprint density at radius 2 is 2.22 bits per heavy atom. The molecule has 0 spiro atoms. The highest BCUT2D eigenvalue weighted by Gasteiger charge is 2.62. The van der Waals surface area contributed by atoms with Crippen LogP contribution in [0.15, 0.2) is 18.5 Å². The quantitative estimate of drug-likeness (QED) is 0.798. The first-order valence-corrected chi connectivity index (χ1v) is 8.88. The molecule has 0 bridgehead atoms. The highest BCUT2D eigenvalue weighted by atomic mass is 19.3. The van der Waals surface area contributed by atoms with Gasteiger partial charge in [-0.25, -0.2) is 18.6 Å². The molecule has 2 aliphatic rings. The molecule has 7 nitrogen and oxygen atoms in total. The molecule has 4 rings (SSSR count). The lowest BCUT2D eigenvalue weighted by Crippen LogP contribution is -2.46. The molecule has 1 saturated heterocycles. The van der Waals surface area contributed by atoms with Crippen molar-refractivity contribution in [3.8, 4) is 0 Å². The largest absolute Gasteiger partial charge is 0.465 e. The highest BCUT2D eigenvalue weighted by Crippen LogP contribution is 2.49. The van der Waals surface area contributed by atoms with Gasteiger partial charge < -0.3 is 19.9 Å². The smallest absolute Gasteiger partial charge is 0.341 e. The van der Waals surface area contributed by atoms with Gasteiger partial charge in [-0.2, -0.15) is 0 Å². The molecule has 2 aromatic rings. The molecule has 9 heteroatoms. The molecule has 144 valence electrons. The van der Waals surface area contributed by atoms with Gasteiger partial charge in [0.1, 0.15) is 17.1 Å². The number of carbonyl (C=O) groups excluding carboxylic acids is 2. The standard InChI is InChI=1S/C18H20F2N4O3/c1-27-17(26)12-8-22-15-11(4-5-21-15)14(12)23-10-3-2-6-24(9-10)16(25)13-7-18(13,19)20/h4-5,8,10,13H,2-3,6-7,9H2,1H3,(H2,21,22,23)/t10-,13+/m1/s1. The summed E-state index contributed by atoms with van der Waals surface area (Å²) in [7, 11) is 1.30. The first-order valence-electron chi connectivity index (χ1n) is 8.88. The van der Waals surface area contributed by atoms with Gasteiger partial charge in [0.15, 0.2) is 0 Å². The number of H-pyrrole nitrogens is 1. The van der Waals surface area contributed by atoms with Crippen molar-refractivity contribution >= 4 is 28.6 Å². The van der Waals surface area contributed by atoms with Crippen LogP contribution in [0.5, 0.6) is 0 Å². The number of hydrogen-bond donors (Lipinski definition) is 2. The predicted octanol–water partition coefficient (Wildman–Crippen LogP) is 2.41. The number of hydrogen-bond acceptors (Lipinski definition) is 5. The molecule has 3 heterocycles. The van der Waals surface area contributed by atoms with Crippen LogP contribution in [0, 0.1) is 5.92 Å². The zero-order chi connectivity index (χ0) is 19.2. The van der Waals surface area contributed by atoms with E-state index in [4.69, 9.17) is 4.74 Å². The van der Waals surface area contributed by atoms with Crippen LogP contribution in [0.25, 0.3) is 11.0 Å². The molecular formula is C18H20F2N4O3. The number of anilines is 1. The number of ether oxygens (including phenoxy) is 1. The lowest BCUT2D eigenvalue weighted by molar-refractivity contribution is -0.135. The number of aromatic amines is 1. The number of rotatable bonds is 4. The summed E-state index contributed by atoms with van der Waals surface area (Å²) in [5, 5.41) is 4.05. The van der Waals surface area contributed by atoms with E-state index in [1.807, 2.05) is 0 Å². The summed E-state index contributed by atoms with van der Waals surface area (Å²) in [5.41, 5.74) is 1.48. The maximum atomic E-state index is 13.2. The summed E-state index contributed by atoms with van der Waals surface area (Å²) < 4.78 is 31.3. The number of pyridine rings is 1. The van der Waals surface area contributed by atoms with E-state index in [0.717, 1.165) is 11.8 Å². The Balaban J connectivity index is 1.56. The number of halogens is 2. The third kappa shape index (κ3) is 3.22. The molecule has 1 saturated carbocycles. The van der Waals surface area contributed by atoms with Crippen molar-refractivity contribution in [1.29, 1.82) is 0 Å². The van der Waals surface area contributed by atoms with E-state index in [-0.39, 0.29) is 12.5 Å². The number of likely N-dealkylation sites (tertiary alicyclic amines) is 1. The summed E-state index contributed by atoms with van der Waals surface area (Å²) >= 11 is 0. The molecule has 2 atom stereocenters. The van der Waals surface area contributed by atoms with E-state index in [0.29, 0.717) is 36.4 Å². The molecule has 0 aromatic carbocycles. The molecule has 1 aliphatic heterocycles. The van der Waals surface area contributed by atoms with Gasteiger partial charge >= 0.3 is 5.97 Å². The number of nitrogens with zero attached hydrogens (tertiary/aromatic N) is 2. The molecule has 2 fully saturated rings. The van der Waals surface area contributed by atoms with Gasteiger partial charge in [0.25, 0.3) is 5.92 Å². The third-order valence-electron chi connectivity index (χ3n) is 5.20. The van der Waals surface area contributed by atoms with Crippen LogP contribution in [-0.2, 0) is 9.53 Å². The normalized spacial score (nSPS) is 23.9. The third-order valence-corrected chi connectivity index (χ3v) is 5.20. The van der Waals surface area contributed by atoms with Crippen molar-refractivity contribution in [2.75, 3.05) is 25.5 Å². The van der Waals surface area contributed by atoms with Gasteiger partial charge in [-0.05, 0) is 18.9 Å². The number of fused-ring (bicyclic) bond motifs is 1. The van der Waals surface area contributed by atoms with E-state index in [1.165, 1.54) is 18.2 Å². The maximum Gasteiger partial charge on any atom is 0.341 e. The molecule has 27 heavy (non-hydrogen) atoms. The second kappa shape index (κ2) is 6.47. The Morgan fingerprint density at radius 3 is 2.93 bits per heavy atom. The van der Waals surface area contributed by atoms with Crippen LogP contribution in [0.3, 0.4) is 0 Å². The van der Waals surface area contributed by atoms with E-state index >= 15 is 0 Å². The van der Waals surface area contributed by atoms with Crippen LogP contribution in [0.1, 0.15) is 29.6 Å². The first kappa shape index (κ1) is 17.7. The number of methoxy groups -OCH3 is 1. The summed E-state index contributed by atoms with van der Waals surface area (Å²) in [5.74, 6) is -5.05. The van der Waals surface area contributed by atoms with Crippen LogP contribution < -0.4 is 5.32 Å². The highest BCUT2D eigenvalue weighted by molar-refractivity contribution is 6.04. The average molecular weight is 378 g/mol. The summed E-state index contributed by atoms with van der Waals surface area (Å²) in [6.45, 7) is 0.795. The van der Waals surface area contributed by atoms with Gasteiger partial charge in [-0.3, -0.25) is 4.79 Å². The molecule has 2 aromatic heterocycles. The van der Waals surface area contributed by atoms with Crippen LogP contribution >= 0.6 is 0 Å². The number of aromatic nitrogens is 2. The first-order chi connectivity index (χ1) is 12.9. The van der Waals surface area contributed by atoms with Crippen molar-refractivity contribution in [2.45, 2.75) is 31.2 Å². The number of nitrogens with one attached hydrogen (secondary N) is 2. The summed E-state index contributed by atoms with van der Waals surface area (Å²) in [6, 6.07) is 1.65. The monoisotopic (exact) mass is 378 g/mol. The summed E-state index contributed by atoms with van der Waals surface area (Å²) in [4.78, 5) is 33.1. The second-order valence-corrected chi connectivity index (χ2v) is 7.06. The minimum absolute atomic E-state index is 0.154. The SMILES string of the molecule is COC(=O)c1cnc2[nH]ccc2c1N[C@@H]1CCCN(C(=O)[C@@H]2CC2(F)F)C1. The fourth-order valence-electron chi connectivity index (χ4n) is 3.63. The fourth-order valence-corrected chi connectivity index (χ4v) is 3.63. The maximum absolute atomic E-state index is 13.2. The lowest BCUT2D eigenvalue weighted by atomic mass is 10.0. The van der Waals surface area contributed by atoms with Gasteiger partial charge in [0.2, 0.25) is 5.91 Å². The van der Waals surface area contributed by atoms with Gasteiger partial charge in [0.05, 0.1) is 12.8 Å². The average Bonchev–Trinajstić information content (AvgIpc) is 3.06. The van der Waals surface area contributed by atoms with Crippen molar-refractivity contribution in [3.05, 3.63) is 24.0 Å². The second-order valence-electron chi connectivity index (χ2n) is 7.06. The fraction of sp³-hybridized carbons (Fsp3) is 0.500.